The van der Waals surface area contributed by atoms with Crippen LogP contribution in [0.3, 0.4) is 0 Å². The molecule has 0 aliphatic heterocycles. The van der Waals surface area contributed by atoms with Crippen molar-refractivity contribution >= 4 is 178 Å². The lowest BCUT2D eigenvalue weighted by Crippen LogP contribution is -2.26. The number of para-hydroxylation sites is 7. The van der Waals surface area contributed by atoms with Crippen LogP contribution in [0.2, 0.25) is 10.0 Å². The highest BCUT2D eigenvalue weighted by atomic mass is 35.5. The SMILES string of the molecule is C.C.C.CC.CC.CC.CC.CC.CC.CC.CCC(=O)Nc1cnc2ccccc2c1Cl.CCc1nc2cnc3ccccc3c2n1O.CCc1nc2cnc3ccccc3c2n1OCc1ccccc1.Cc1nc2c(N)nc3ccccc3c2n1O.Cc1nc2c[n+]([O-])c3ccccc3c2n1O.Cc1nc2cnc3ccccc3c2n1O.Nc1cnc2ccccc2c1Cl. The Labute approximate surface area is 777 Å². The molecule has 0 spiro atoms. The third-order valence-corrected chi connectivity index (χ3v) is 19.4. The maximum absolute atomic E-state index is 11.7. The van der Waals surface area contributed by atoms with Gasteiger partial charge in [0.25, 0.3) is 0 Å². The first kappa shape index (κ1) is 109. The van der Waals surface area contributed by atoms with Crippen LogP contribution in [0.1, 0.15) is 181 Å². The molecule has 20 rings (SSSR count). The molecule has 0 aliphatic carbocycles. The lowest BCUT2D eigenvalue weighted by atomic mass is 10.2. The molecular weight excluding hydrogens is 1690 g/mol. The van der Waals surface area contributed by atoms with E-state index < -0.39 is 0 Å². The van der Waals surface area contributed by atoms with Gasteiger partial charge in [-0.2, -0.15) is 28.4 Å². The monoisotopic (exact) mass is 1810 g/mol. The van der Waals surface area contributed by atoms with Crippen LogP contribution in [0, 0.1) is 26.0 Å². The summed E-state index contributed by atoms with van der Waals surface area (Å²) in [6.45, 7) is 39.5. The van der Waals surface area contributed by atoms with E-state index in [9.17, 15) is 30.8 Å². The average molecular weight is 1820 g/mol. The van der Waals surface area contributed by atoms with E-state index in [0.717, 1.165) is 130 Å². The Hall–Kier alpha value is -14.6. The van der Waals surface area contributed by atoms with E-state index in [0.29, 0.717) is 108 Å². The molecule has 12 heterocycles. The number of carbonyl (C=O) groups excluding carboxylic acids is 1. The number of anilines is 3. The largest absolute Gasteiger partial charge is 0.618 e. The number of hydrogen-bond acceptors (Lipinski definition) is 20. The second-order valence-corrected chi connectivity index (χ2v) is 26.7. The summed E-state index contributed by atoms with van der Waals surface area (Å²) in [4.78, 5) is 64.6. The van der Waals surface area contributed by atoms with Crippen molar-refractivity contribution in [3.8, 4) is 0 Å². The van der Waals surface area contributed by atoms with E-state index >= 15 is 0 Å². The van der Waals surface area contributed by atoms with Crippen molar-refractivity contribution in [2.45, 2.75) is 187 Å². The number of carbonyl (C=O) groups is 1. The molecule has 27 nitrogen and oxygen atoms in total. The Morgan fingerprint density at radius 3 is 1.23 bits per heavy atom. The van der Waals surface area contributed by atoms with E-state index in [1.807, 2.05) is 279 Å². The number of aromatic nitrogens is 17. The molecule has 12 aromatic heterocycles. The van der Waals surface area contributed by atoms with Crippen LogP contribution in [-0.4, -0.2) is 105 Å². The second-order valence-electron chi connectivity index (χ2n) is 25.9. The predicted molar refractivity (Wildman–Crippen MR) is 546 cm³/mol. The van der Waals surface area contributed by atoms with Crippen molar-refractivity contribution in [3.05, 3.63) is 287 Å². The molecule has 8 aromatic carbocycles. The van der Waals surface area contributed by atoms with Crippen LogP contribution >= 0.6 is 23.2 Å². The standard InChI is InChI=1S/C19H17N3O.C12H11ClN2O.C12H11N3O.C11H10N4O.C11H9N3O2.C11H9N3O.C9H7ClN2.7C2H6.3CH4/c1-2-18-21-17-12-20-16-11-7-6-10-15(16)19(17)22(18)23-13-14-8-4-3-5-9-14;1-2-11(16)15-10-7-14-9-6-4-3-5-8(9)12(10)13;1-2-11-14-10-7-13-9-6-4-3-5-8(9)12(10)15(11)16;1-6-13-9-10(15(6)16)7-4-2-3-5-8(7)14-11(9)12;1-7-12-9-6-13(15)10-5-3-2-4-8(10)11(9)14(7)16;1-7-13-10-6-12-9-5-3-2-4-8(9)11(10)14(7)15;10-9-6-3-1-2-4-8(6)12-5-7(9)11;7*1-2;;;/h3-12H,2,13H2,1H3;3-7H,2H2,1H3,(H,15,16);3-7,16H,2H2,1H3;2-5,16H,1H3,(H2,12,14);2-6,16H,1H3;2-6,15H,1H3;1-5H,11H2;7*1-2H3;3*1H4. The van der Waals surface area contributed by atoms with Crippen molar-refractivity contribution in [2.24, 2.45) is 0 Å². The molecule has 0 unspecified atom stereocenters. The molecule has 0 atom stereocenters. The van der Waals surface area contributed by atoms with Gasteiger partial charge in [0.15, 0.2) is 11.3 Å². The summed E-state index contributed by atoms with van der Waals surface area (Å²) in [5.41, 5.74) is 26.2. The number of pyridine rings is 7. The number of nitrogens with two attached hydrogens (primary N) is 2. The van der Waals surface area contributed by atoms with Crippen LogP contribution < -0.4 is 26.4 Å². The molecule has 29 heteroatoms. The number of amides is 1. The number of nitrogens with zero attached hydrogens (tertiary/aromatic N) is 17. The number of hydrogen-bond donors (Lipinski definition) is 7. The van der Waals surface area contributed by atoms with Crippen LogP contribution in [-0.2, 0) is 24.2 Å². The molecule has 692 valence electrons. The topological polar surface area (TPSA) is 365 Å². The summed E-state index contributed by atoms with van der Waals surface area (Å²) < 4.78 is 6.97. The van der Waals surface area contributed by atoms with Gasteiger partial charge in [0.05, 0.1) is 90.9 Å². The summed E-state index contributed by atoms with van der Waals surface area (Å²) in [7, 11) is 0. The minimum Gasteiger partial charge on any atom is -0.618 e. The number of fused-ring (bicyclic) bond motifs is 17. The fourth-order valence-corrected chi connectivity index (χ4v) is 13.4. The summed E-state index contributed by atoms with van der Waals surface area (Å²) >= 11 is 12.1. The fourth-order valence-electron chi connectivity index (χ4n) is 13.0. The first-order valence-corrected chi connectivity index (χ1v) is 43.9. The third-order valence-electron chi connectivity index (χ3n) is 18.6. The van der Waals surface area contributed by atoms with Crippen molar-refractivity contribution in [1.29, 1.82) is 0 Å². The van der Waals surface area contributed by atoms with Gasteiger partial charge in [0.2, 0.25) is 17.6 Å². The molecule has 0 bridgehead atoms. The van der Waals surface area contributed by atoms with Gasteiger partial charge in [0, 0.05) is 57.6 Å². The third kappa shape index (κ3) is 25.3. The average Bonchev–Trinajstić information content (AvgIpc) is 1.64. The molecule has 9 N–H and O–H groups in total. The zero-order valence-electron chi connectivity index (χ0n) is 76.4. The van der Waals surface area contributed by atoms with Crippen molar-refractivity contribution in [2.75, 3.05) is 16.8 Å². The van der Waals surface area contributed by atoms with E-state index in [-0.39, 0.29) is 28.2 Å². The van der Waals surface area contributed by atoms with E-state index in [2.05, 4.69) is 85.3 Å². The number of halogens is 2. The van der Waals surface area contributed by atoms with Crippen molar-refractivity contribution in [1.82, 2.24) is 78.5 Å². The molecular formula is C102H128Cl2N20O7. The van der Waals surface area contributed by atoms with Gasteiger partial charge in [-0.05, 0) is 68.8 Å². The lowest BCUT2D eigenvalue weighted by Gasteiger charge is -2.11. The molecule has 0 saturated heterocycles. The number of nitrogen functional groups attached to an aromatic ring is 2. The highest BCUT2D eigenvalue weighted by Crippen LogP contribution is 2.33. The Balaban J connectivity index is 0.000000313. The molecule has 0 radical (unpaired) electrons. The van der Waals surface area contributed by atoms with Gasteiger partial charge in [0.1, 0.15) is 85.4 Å². The number of rotatable bonds is 7. The van der Waals surface area contributed by atoms with Gasteiger partial charge < -0.3 is 47.7 Å². The van der Waals surface area contributed by atoms with Crippen LogP contribution in [0.4, 0.5) is 17.2 Å². The first-order chi connectivity index (χ1) is 62.3. The Bertz CT molecular complexity index is 6980. The predicted octanol–water partition coefficient (Wildman–Crippen LogP) is 26.2. The van der Waals surface area contributed by atoms with Crippen molar-refractivity contribution < 1.29 is 35.2 Å². The zero-order chi connectivity index (χ0) is 93.8. The molecule has 0 aliphatic rings. The number of aryl methyl sites for hydroxylation is 5. The molecule has 0 fully saturated rings. The Morgan fingerprint density at radius 1 is 0.389 bits per heavy atom. The number of imidazole rings is 5. The van der Waals surface area contributed by atoms with E-state index in [4.69, 9.17) is 39.5 Å². The minimum atomic E-state index is -0.0704. The summed E-state index contributed by atoms with van der Waals surface area (Å²) in [5.74, 6) is 3.38. The van der Waals surface area contributed by atoms with Gasteiger partial charge in [-0.1, -0.05) is 315 Å². The molecule has 20 aromatic rings. The number of nitrogens with one attached hydrogen (secondary N) is 1. The highest BCUT2D eigenvalue weighted by molar-refractivity contribution is 6.38. The van der Waals surface area contributed by atoms with Gasteiger partial charge >= 0.3 is 0 Å². The van der Waals surface area contributed by atoms with Gasteiger partial charge in [-0.25, -0.2) is 29.9 Å². The Kier molecular flexibility index (Phi) is 44.8. The highest BCUT2D eigenvalue weighted by Gasteiger charge is 2.20. The summed E-state index contributed by atoms with van der Waals surface area (Å²) in [6.07, 6.45) is 11.6. The van der Waals surface area contributed by atoms with Gasteiger partial charge in [-0.15, -0.1) is 0 Å². The zero-order valence-corrected chi connectivity index (χ0v) is 77.9. The quantitative estimate of drug-likeness (QED) is 0.0443. The maximum Gasteiger partial charge on any atom is 0.226 e. The molecule has 0 saturated carbocycles. The Morgan fingerprint density at radius 2 is 0.740 bits per heavy atom. The molecule has 1 amide bonds. The maximum atomic E-state index is 11.7. The van der Waals surface area contributed by atoms with E-state index in [1.165, 1.54) is 10.9 Å². The van der Waals surface area contributed by atoms with Crippen molar-refractivity contribution in [3.63, 3.8) is 0 Å². The normalized spacial score (nSPS) is 9.94. The summed E-state index contributed by atoms with van der Waals surface area (Å²) in [5, 5.41) is 61.3. The fraction of sp³-hybridized carbons (Fsp3) is 0.265. The van der Waals surface area contributed by atoms with Crippen LogP contribution in [0.5, 0.6) is 0 Å². The van der Waals surface area contributed by atoms with Crippen LogP contribution in [0.15, 0.2) is 237 Å². The first-order valence-electron chi connectivity index (χ1n) is 43.1. The van der Waals surface area contributed by atoms with E-state index in [1.54, 1.807) is 70.7 Å². The minimum absolute atomic E-state index is 0. The summed E-state index contributed by atoms with van der Waals surface area (Å²) in [6, 6.07) is 63.5. The lowest BCUT2D eigenvalue weighted by molar-refractivity contribution is -0.575. The second kappa shape index (κ2) is 53.9. The van der Waals surface area contributed by atoms with Gasteiger partial charge in [-0.3, -0.25) is 29.7 Å². The number of benzene rings is 8. The van der Waals surface area contributed by atoms with Crippen LogP contribution in [0.25, 0.3) is 131 Å². The molecule has 131 heavy (non-hydrogen) atoms. The smallest absolute Gasteiger partial charge is 0.226 e.